The van der Waals surface area contributed by atoms with E-state index < -0.39 is 0 Å². The summed E-state index contributed by atoms with van der Waals surface area (Å²) in [6.07, 6.45) is 7.01. The number of hydrogen-bond donors (Lipinski definition) is 1. The molecule has 0 bridgehead atoms. The van der Waals surface area contributed by atoms with E-state index in [4.69, 9.17) is 13.9 Å². The molecule has 1 aliphatic heterocycles. The smallest absolute Gasteiger partial charge is 0.226 e. The predicted octanol–water partition coefficient (Wildman–Crippen LogP) is 3.72. The fourth-order valence-corrected chi connectivity index (χ4v) is 3.36. The van der Waals surface area contributed by atoms with Gasteiger partial charge in [-0.05, 0) is 63.5 Å². The van der Waals surface area contributed by atoms with E-state index in [0.29, 0.717) is 12.4 Å². The molecule has 1 N–H and O–H groups in total. The Labute approximate surface area is 168 Å². The quantitative estimate of drug-likeness (QED) is 0.593. The summed E-state index contributed by atoms with van der Waals surface area (Å²) in [4.78, 5) is 7.09. The molecule has 0 spiro atoms. The van der Waals surface area contributed by atoms with Crippen LogP contribution >= 0.6 is 0 Å². The largest absolute Gasteiger partial charge is 0.494 e. The predicted molar refractivity (Wildman–Crippen MR) is 111 cm³/mol. The molecule has 1 aromatic heterocycles. The number of nitrogens with one attached hydrogen (secondary N) is 1. The molecule has 28 heavy (non-hydrogen) atoms. The van der Waals surface area contributed by atoms with Gasteiger partial charge in [0.2, 0.25) is 5.89 Å². The van der Waals surface area contributed by atoms with Crippen molar-refractivity contribution in [2.75, 3.05) is 39.9 Å². The van der Waals surface area contributed by atoms with Gasteiger partial charge in [0.1, 0.15) is 12.0 Å². The van der Waals surface area contributed by atoms with E-state index in [-0.39, 0.29) is 6.10 Å². The van der Waals surface area contributed by atoms with Gasteiger partial charge in [-0.1, -0.05) is 6.42 Å². The number of oxazole rings is 1. The monoisotopic (exact) mass is 387 g/mol. The van der Waals surface area contributed by atoms with Crippen LogP contribution in [0.4, 0.5) is 0 Å². The number of rotatable bonds is 11. The maximum atomic E-state index is 5.88. The van der Waals surface area contributed by atoms with Crippen LogP contribution in [0.5, 0.6) is 5.75 Å². The average molecular weight is 388 g/mol. The summed E-state index contributed by atoms with van der Waals surface area (Å²) in [7, 11) is 1.71. The Morgan fingerprint density at radius 2 is 1.96 bits per heavy atom. The van der Waals surface area contributed by atoms with Crippen molar-refractivity contribution in [3.8, 4) is 17.2 Å². The van der Waals surface area contributed by atoms with E-state index in [0.717, 1.165) is 43.1 Å². The Balaban J connectivity index is 1.40. The van der Waals surface area contributed by atoms with E-state index in [1.54, 1.807) is 13.4 Å². The summed E-state index contributed by atoms with van der Waals surface area (Å²) in [6.45, 7) is 7.84. The molecule has 154 valence electrons. The maximum absolute atomic E-state index is 5.88. The molecule has 1 atom stereocenters. The van der Waals surface area contributed by atoms with Crippen molar-refractivity contribution in [2.24, 2.45) is 0 Å². The molecule has 1 fully saturated rings. The zero-order valence-electron chi connectivity index (χ0n) is 17.2. The Bertz CT molecular complexity index is 681. The topological polar surface area (TPSA) is 59.8 Å². The zero-order chi connectivity index (χ0) is 19.6. The van der Waals surface area contributed by atoms with Gasteiger partial charge in [-0.2, -0.15) is 0 Å². The van der Waals surface area contributed by atoms with Crippen LogP contribution < -0.4 is 10.1 Å². The Morgan fingerprint density at radius 1 is 1.18 bits per heavy atom. The minimum absolute atomic E-state index is 0.179. The first-order chi connectivity index (χ1) is 13.7. The zero-order valence-corrected chi connectivity index (χ0v) is 17.2. The molecule has 6 heteroatoms. The van der Waals surface area contributed by atoms with Crippen molar-refractivity contribution in [1.82, 2.24) is 15.2 Å². The number of nitrogens with zero attached hydrogens (tertiary/aromatic N) is 2. The Morgan fingerprint density at radius 3 is 2.71 bits per heavy atom. The third kappa shape index (κ3) is 6.62. The molecule has 0 aliphatic carbocycles. The molecule has 1 aromatic carbocycles. The SMILES string of the molecule is COC(C)CNCc1coc(-c2ccc(OCCCN3CCCCC3)cc2)n1. The molecule has 3 rings (SSSR count). The van der Waals surface area contributed by atoms with E-state index in [1.807, 2.05) is 31.2 Å². The fourth-order valence-electron chi connectivity index (χ4n) is 3.36. The van der Waals surface area contributed by atoms with E-state index >= 15 is 0 Å². The first kappa shape index (κ1) is 20.8. The van der Waals surface area contributed by atoms with Gasteiger partial charge in [-0.3, -0.25) is 0 Å². The standard InChI is InChI=1S/C22H33N3O3/c1-18(26-2)15-23-16-20-17-28-22(24-20)19-7-9-21(10-8-19)27-14-6-13-25-11-4-3-5-12-25/h7-10,17-18,23H,3-6,11-16H2,1-2H3. The lowest BCUT2D eigenvalue weighted by Gasteiger charge is -2.26. The van der Waals surface area contributed by atoms with Gasteiger partial charge in [-0.25, -0.2) is 4.98 Å². The molecule has 1 aliphatic rings. The van der Waals surface area contributed by atoms with Gasteiger partial charge in [0, 0.05) is 32.3 Å². The normalized spacial score (nSPS) is 16.2. The van der Waals surface area contributed by atoms with Crippen LogP contribution in [0.1, 0.15) is 38.3 Å². The average Bonchev–Trinajstić information content (AvgIpc) is 3.21. The maximum Gasteiger partial charge on any atom is 0.226 e. The molecule has 0 radical (unpaired) electrons. The molecular weight excluding hydrogens is 354 g/mol. The summed E-state index contributed by atoms with van der Waals surface area (Å²) < 4.78 is 16.7. The van der Waals surface area contributed by atoms with Gasteiger partial charge in [0.25, 0.3) is 0 Å². The Hall–Kier alpha value is -1.89. The molecule has 1 unspecified atom stereocenters. The first-order valence-corrected chi connectivity index (χ1v) is 10.4. The van der Waals surface area contributed by atoms with Crippen LogP contribution in [0.15, 0.2) is 34.9 Å². The van der Waals surface area contributed by atoms with Crippen LogP contribution in [-0.4, -0.2) is 55.9 Å². The minimum atomic E-state index is 0.179. The van der Waals surface area contributed by atoms with Crippen molar-refractivity contribution in [3.05, 3.63) is 36.2 Å². The van der Waals surface area contributed by atoms with Gasteiger partial charge >= 0.3 is 0 Å². The van der Waals surface area contributed by atoms with Gasteiger partial charge in [0.15, 0.2) is 0 Å². The number of aromatic nitrogens is 1. The highest BCUT2D eigenvalue weighted by Crippen LogP contribution is 2.22. The molecule has 2 aromatic rings. The lowest BCUT2D eigenvalue weighted by molar-refractivity contribution is 0.117. The van der Waals surface area contributed by atoms with E-state index in [9.17, 15) is 0 Å². The van der Waals surface area contributed by atoms with E-state index in [1.165, 1.54) is 32.4 Å². The van der Waals surface area contributed by atoms with Gasteiger partial charge in [0.05, 0.1) is 18.4 Å². The number of ether oxygens (including phenoxy) is 2. The third-order valence-electron chi connectivity index (χ3n) is 5.13. The highest BCUT2D eigenvalue weighted by molar-refractivity contribution is 5.54. The van der Waals surface area contributed by atoms with Gasteiger partial charge < -0.3 is 24.1 Å². The summed E-state index contributed by atoms with van der Waals surface area (Å²) in [5.74, 6) is 1.53. The molecule has 6 nitrogen and oxygen atoms in total. The number of benzene rings is 1. The number of likely N-dealkylation sites (tertiary alicyclic amines) is 1. The summed E-state index contributed by atoms with van der Waals surface area (Å²) in [5.41, 5.74) is 1.84. The Kier molecular flexibility index (Phi) is 8.33. The molecule has 0 amide bonds. The van der Waals surface area contributed by atoms with Crippen molar-refractivity contribution >= 4 is 0 Å². The van der Waals surface area contributed by atoms with Crippen LogP contribution in [0.3, 0.4) is 0 Å². The lowest BCUT2D eigenvalue weighted by atomic mass is 10.1. The third-order valence-corrected chi connectivity index (χ3v) is 5.13. The van der Waals surface area contributed by atoms with Crippen LogP contribution in [0, 0.1) is 0 Å². The highest BCUT2D eigenvalue weighted by Gasteiger charge is 2.10. The first-order valence-electron chi connectivity index (χ1n) is 10.4. The van der Waals surface area contributed by atoms with Crippen molar-refractivity contribution < 1.29 is 13.9 Å². The molecular formula is C22H33N3O3. The van der Waals surface area contributed by atoms with Crippen LogP contribution in [-0.2, 0) is 11.3 Å². The molecule has 2 heterocycles. The summed E-state index contributed by atoms with van der Waals surface area (Å²) in [5, 5.41) is 3.31. The molecule has 0 saturated carbocycles. The summed E-state index contributed by atoms with van der Waals surface area (Å²) in [6, 6.07) is 7.96. The van der Waals surface area contributed by atoms with E-state index in [2.05, 4.69) is 15.2 Å². The van der Waals surface area contributed by atoms with Crippen molar-refractivity contribution in [2.45, 2.75) is 45.3 Å². The van der Waals surface area contributed by atoms with Gasteiger partial charge in [-0.15, -0.1) is 0 Å². The number of piperidine rings is 1. The highest BCUT2D eigenvalue weighted by atomic mass is 16.5. The van der Waals surface area contributed by atoms with Crippen LogP contribution in [0.25, 0.3) is 11.5 Å². The lowest BCUT2D eigenvalue weighted by Crippen LogP contribution is -2.31. The molecule has 1 saturated heterocycles. The second kappa shape index (κ2) is 11.2. The van der Waals surface area contributed by atoms with Crippen LogP contribution in [0.2, 0.25) is 0 Å². The number of methoxy groups -OCH3 is 1. The van der Waals surface area contributed by atoms with Crippen molar-refractivity contribution in [3.63, 3.8) is 0 Å². The second-order valence-corrected chi connectivity index (χ2v) is 7.45. The number of hydrogen-bond acceptors (Lipinski definition) is 6. The summed E-state index contributed by atoms with van der Waals surface area (Å²) >= 11 is 0. The fraction of sp³-hybridized carbons (Fsp3) is 0.591. The second-order valence-electron chi connectivity index (χ2n) is 7.45. The minimum Gasteiger partial charge on any atom is -0.494 e. The van der Waals surface area contributed by atoms with Crippen molar-refractivity contribution in [1.29, 1.82) is 0 Å².